The first-order valence-electron chi connectivity index (χ1n) is 7.23. The van der Waals surface area contributed by atoms with Gasteiger partial charge >= 0.3 is 5.97 Å². The summed E-state index contributed by atoms with van der Waals surface area (Å²) < 4.78 is 23.0. The summed E-state index contributed by atoms with van der Waals surface area (Å²) >= 11 is 0. The van der Waals surface area contributed by atoms with Crippen molar-refractivity contribution in [1.29, 1.82) is 0 Å². The Hall–Kier alpha value is -1.15. The minimum Gasteiger partial charge on any atom is -0.481 e. The SMILES string of the molecule is CC1CS(=O)(=O)CCN1CC(=O)N1CCC(C(=O)O)CC1. The zero-order chi connectivity index (χ0) is 15.6. The summed E-state index contributed by atoms with van der Waals surface area (Å²) in [5.41, 5.74) is 0. The van der Waals surface area contributed by atoms with E-state index >= 15 is 0 Å². The number of carboxylic acid groups (broad SMARTS) is 1. The molecular formula is C13H22N2O5S. The van der Waals surface area contributed by atoms with E-state index in [1.165, 1.54) is 0 Å². The Labute approximate surface area is 124 Å². The van der Waals surface area contributed by atoms with Crippen molar-refractivity contribution in [2.75, 3.05) is 37.7 Å². The van der Waals surface area contributed by atoms with Crippen LogP contribution < -0.4 is 0 Å². The molecule has 1 atom stereocenters. The third kappa shape index (κ3) is 4.16. The van der Waals surface area contributed by atoms with Crippen LogP contribution in [0.2, 0.25) is 0 Å². The number of carbonyl (C=O) groups is 2. The summed E-state index contributed by atoms with van der Waals surface area (Å²) in [5, 5.41) is 8.94. The highest BCUT2D eigenvalue weighted by Crippen LogP contribution is 2.18. The number of aliphatic carboxylic acids is 1. The quantitative estimate of drug-likeness (QED) is 0.749. The smallest absolute Gasteiger partial charge is 0.306 e. The van der Waals surface area contributed by atoms with Crippen LogP contribution in [-0.4, -0.2) is 78.9 Å². The van der Waals surface area contributed by atoms with Crippen molar-refractivity contribution in [1.82, 2.24) is 9.80 Å². The lowest BCUT2D eigenvalue weighted by atomic mass is 9.97. The molecule has 0 radical (unpaired) electrons. The standard InChI is InChI=1S/C13H22N2O5S/c1-10-9-21(19,20)7-6-15(10)8-12(16)14-4-2-11(3-5-14)13(17)18/h10-11H,2-9H2,1H3,(H,17,18). The molecule has 0 spiro atoms. The Bertz CT molecular complexity index is 511. The Balaban J connectivity index is 1.84. The van der Waals surface area contributed by atoms with Gasteiger partial charge in [0.25, 0.3) is 0 Å². The molecule has 0 saturated carbocycles. The molecule has 1 N–H and O–H groups in total. The molecule has 8 heteroatoms. The fourth-order valence-electron chi connectivity index (χ4n) is 2.92. The van der Waals surface area contributed by atoms with Crippen LogP contribution in [0.3, 0.4) is 0 Å². The Morgan fingerprint density at radius 3 is 2.33 bits per heavy atom. The van der Waals surface area contributed by atoms with Gasteiger partial charge in [-0.2, -0.15) is 0 Å². The largest absolute Gasteiger partial charge is 0.481 e. The highest BCUT2D eigenvalue weighted by atomic mass is 32.2. The van der Waals surface area contributed by atoms with Crippen LogP contribution in [-0.2, 0) is 19.4 Å². The van der Waals surface area contributed by atoms with Gasteiger partial charge < -0.3 is 10.0 Å². The van der Waals surface area contributed by atoms with Gasteiger partial charge in [-0.15, -0.1) is 0 Å². The van der Waals surface area contributed by atoms with Crippen LogP contribution in [0.15, 0.2) is 0 Å². The van der Waals surface area contributed by atoms with Gasteiger partial charge in [0.1, 0.15) is 0 Å². The number of nitrogens with zero attached hydrogens (tertiary/aromatic N) is 2. The lowest BCUT2D eigenvalue weighted by molar-refractivity contribution is -0.146. The molecule has 2 saturated heterocycles. The number of carbonyl (C=O) groups excluding carboxylic acids is 1. The molecule has 2 rings (SSSR count). The first-order chi connectivity index (χ1) is 9.78. The highest BCUT2D eigenvalue weighted by Gasteiger charge is 2.32. The Morgan fingerprint density at radius 1 is 1.19 bits per heavy atom. The lowest BCUT2D eigenvalue weighted by Crippen LogP contribution is -2.52. The summed E-state index contributed by atoms with van der Waals surface area (Å²) in [6.07, 6.45) is 0.982. The minimum atomic E-state index is -2.97. The van der Waals surface area contributed by atoms with Crippen LogP contribution in [0, 0.1) is 5.92 Å². The average Bonchev–Trinajstić information content (AvgIpc) is 2.41. The number of piperidine rings is 1. The molecule has 2 aliphatic heterocycles. The first kappa shape index (κ1) is 16.2. The maximum atomic E-state index is 12.2. The van der Waals surface area contributed by atoms with Gasteiger partial charge in [0.2, 0.25) is 5.91 Å². The van der Waals surface area contributed by atoms with E-state index < -0.39 is 15.8 Å². The summed E-state index contributed by atoms with van der Waals surface area (Å²) in [4.78, 5) is 26.7. The molecule has 0 aromatic carbocycles. The third-order valence-electron chi connectivity index (χ3n) is 4.34. The average molecular weight is 318 g/mol. The molecule has 2 fully saturated rings. The number of sulfone groups is 1. The van der Waals surface area contributed by atoms with Crippen molar-refractivity contribution >= 4 is 21.7 Å². The fourth-order valence-corrected chi connectivity index (χ4v) is 4.54. The predicted molar refractivity (Wildman–Crippen MR) is 76.6 cm³/mol. The van der Waals surface area contributed by atoms with Crippen LogP contribution in [0.1, 0.15) is 19.8 Å². The van der Waals surface area contributed by atoms with E-state index in [-0.39, 0.29) is 35.9 Å². The van der Waals surface area contributed by atoms with Crippen LogP contribution in [0.4, 0.5) is 0 Å². The summed E-state index contributed by atoms with van der Waals surface area (Å²) in [6.45, 7) is 3.36. The second-order valence-corrected chi connectivity index (χ2v) is 8.16. The number of carboxylic acids is 1. The third-order valence-corrected chi connectivity index (χ3v) is 6.14. The van der Waals surface area contributed by atoms with Crippen molar-refractivity contribution in [2.45, 2.75) is 25.8 Å². The van der Waals surface area contributed by atoms with E-state index in [2.05, 4.69) is 0 Å². The molecular weight excluding hydrogens is 296 g/mol. The van der Waals surface area contributed by atoms with Crippen molar-refractivity contribution in [3.8, 4) is 0 Å². The second kappa shape index (κ2) is 6.31. The lowest BCUT2D eigenvalue weighted by Gasteiger charge is -2.36. The van der Waals surface area contributed by atoms with Gasteiger partial charge in [-0.05, 0) is 19.8 Å². The van der Waals surface area contributed by atoms with Crippen molar-refractivity contribution in [2.24, 2.45) is 5.92 Å². The van der Waals surface area contributed by atoms with Crippen molar-refractivity contribution in [3.63, 3.8) is 0 Å². The number of amides is 1. The zero-order valence-electron chi connectivity index (χ0n) is 12.2. The van der Waals surface area contributed by atoms with E-state index in [1.54, 1.807) is 4.90 Å². The maximum absolute atomic E-state index is 12.2. The van der Waals surface area contributed by atoms with Crippen molar-refractivity contribution < 1.29 is 23.1 Å². The summed E-state index contributed by atoms with van der Waals surface area (Å²) in [6, 6.07) is -0.149. The van der Waals surface area contributed by atoms with Crippen LogP contribution in [0.25, 0.3) is 0 Å². The van der Waals surface area contributed by atoms with Gasteiger partial charge in [0.05, 0.1) is 24.0 Å². The van der Waals surface area contributed by atoms with E-state index in [0.717, 1.165) is 0 Å². The van der Waals surface area contributed by atoms with Gasteiger partial charge in [-0.1, -0.05) is 0 Å². The zero-order valence-corrected chi connectivity index (χ0v) is 13.0. The van der Waals surface area contributed by atoms with Gasteiger partial charge in [-0.3, -0.25) is 14.5 Å². The molecule has 2 aliphatic rings. The van der Waals surface area contributed by atoms with Gasteiger partial charge in [0, 0.05) is 25.7 Å². The van der Waals surface area contributed by atoms with Crippen LogP contribution in [0.5, 0.6) is 0 Å². The molecule has 0 aromatic heterocycles. The maximum Gasteiger partial charge on any atom is 0.306 e. The first-order valence-corrected chi connectivity index (χ1v) is 9.05. The molecule has 2 heterocycles. The highest BCUT2D eigenvalue weighted by molar-refractivity contribution is 7.91. The number of hydrogen-bond donors (Lipinski definition) is 1. The van der Waals surface area contributed by atoms with E-state index in [1.807, 2.05) is 11.8 Å². The second-order valence-electron chi connectivity index (χ2n) is 5.93. The fraction of sp³-hybridized carbons (Fsp3) is 0.846. The Kier molecular flexibility index (Phi) is 4.88. The predicted octanol–water partition coefficient (Wildman–Crippen LogP) is -0.571. The van der Waals surface area contributed by atoms with Gasteiger partial charge in [0.15, 0.2) is 9.84 Å². The molecule has 0 aliphatic carbocycles. The van der Waals surface area contributed by atoms with Gasteiger partial charge in [-0.25, -0.2) is 8.42 Å². The number of hydrogen-bond acceptors (Lipinski definition) is 5. The summed E-state index contributed by atoms with van der Waals surface area (Å²) in [7, 11) is -2.97. The molecule has 1 unspecified atom stereocenters. The topological polar surface area (TPSA) is 95.0 Å². The van der Waals surface area contributed by atoms with Crippen molar-refractivity contribution in [3.05, 3.63) is 0 Å². The molecule has 21 heavy (non-hydrogen) atoms. The van der Waals surface area contributed by atoms with E-state index in [9.17, 15) is 18.0 Å². The molecule has 1 amide bonds. The normalized spacial score (nSPS) is 27.5. The van der Waals surface area contributed by atoms with E-state index in [0.29, 0.717) is 32.5 Å². The minimum absolute atomic E-state index is 0.0370. The van der Waals surface area contributed by atoms with E-state index in [4.69, 9.17) is 5.11 Å². The molecule has 0 bridgehead atoms. The Morgan fingerprint density at radius 2 is 1.81 bits per heavy atom. The monoisotopic (exact) mass is 318 g/mol. The van der Waals surface area contributed by atoms with Crippen LogP contribution >= 0.6 is 0 Å². The molecule has 0 aromatic rings. The summed E-state index contributed by atoms with van der Waals surface area (Å²) in [5.74, 6) is -0.984. The number of rotatable bonds is 3. The molecule has 7 nitrogen and oxygen atoms in total. The molecule has 120 valence electrons. The number of likely N-dealkylation sites (tertiary alicyclic amines) is 1.